The first-order valence-electron chi connectivity index (χ1n) is 6.10. The van der Waals surface area contributed by atoms with Gasteiger partial charge in [0.1, 0.15) is 10.7 Å². The first kappa shape index (κ1) is 15.4. The van der Waals surface area contributed by atoms with Crippen LogP contribution >= 0.6 is 11.8 Å². The molecule has 110 valence electrons. The van der Waals surface area contributed by atoms with Gasteiger partial charge in [-0.2, -0.15) is 0 Å². The Labute approximate surface area is 128 Å². The second-order valence-corrected chi connectivity index (χ2v) is 6.86. The molecule has 1 aromatic heterocycles. The quantitative estimate of drug-likeness (QED) is 0.631. The lowest BCUT2D eigenvalue weighted by atomic mass is 10.3. The second-order valence-electron chi connectivity index (χ2n) is 4.12. The largest absolute Gasteiger partial charge is 0.384 e. The zero-order chi connectivity index (χ0) is 15.3. The molecule has 7 heteroatoms. The van der Waals surface area contributed by atoms with Crippen LogP contribution in [0.4, 0.5) is 11.5 Å². The number of rotatable bonds is 6. The summed E-state index contributed by atoms with van der Waals surface area (Å²) >= 11 is 1.50. The van der Waals surface area contributed by atoms with Crippen molar-refractivity contribution in [1.29, 1.82) is 0 Å². The lowest BCUT2D eigenvalue weighted by molar-refractivity contribution is 0.601. The highest BCUT2D eigenvalue weighted by Gasteiger charge is 2.16. The van der Waals surface area contributed by atoms with E-state index in [-0.39, 0.29) is 10.7 Å². The summed E-state index contributed by atoms with van der Waals surface area (Å²) in [7, 11) is -3.68. The number of nitrogens with zero attached hydrogens (tertiary/aromatic N) is 1. The number of para-hydroxylation sites is 1. The summed E-state index contributed by atoms with van der Waals surface area (Å²) in [6.07, 6.45) is 3.00. The zero-order valence-electron chi connectivity index (χ0n) is 11.2. The average Bonchev–Trinajstić information content (AvgIpc) is 2.46. The Balaban J connectivity index is 2.28. The van der Waals surface area contributed by atoms with Gasteiger partial charge in [0.2, 0.25) is 0 Å². The molecule has 1 heterocycles. The number of thioether (sulfide) groups is 1. The number of benzene rings is 1. The van der Waals surface area contributed by atoms with E-state index in [1.165, 1.54) is 30.1 Å². The van der Waals surface area contributed by atoms with Gasteiger partial charge in [-0.25, -0.2) is 13.4 Å². The molecule has 0 aliphatic rings. The summed E-state index contributed by atoms with van der Waals surface area (Å²) in [6, 6.07) is 10.1. The van der Waals surface area contributed by atoms with Crippen LogP contribution in [0.15, 0.2) is 65.0 Å². The topological polar surface area (TPSA) is 85.1 Å². The smallest absolute Gasteiger partial charge is 0.263 e. The summed E-state index contributed by atoms with van der Waals surface area (Å²) in [6.45, 7) is 3.66. The van der Waals surface area contributed by atoms with Crippen molar-refractivity contribution in [2.75, 3.05) is 16.2 Å². The van der Waals surface area contributed by atoms with Crippen LogP contribution in [0.3, 0.4) is 0 Å². The highest BCUT2D eigenvalue weighted by molar-refractivity contribution is 7.99. The molecule has 0 aliphatic heterocycles. The number of aromatic nitrogens is 1. The molecule has 5 nitrogen and oxygen atoms in total. The van der Waals surface area contributed by atoms with E-state index in [2.05, 4.69) is 16.3 Å². The Morgan fingerprint density at radius 3 is 2.71 bits per heavy atom. The zero-order valence-corrected chi connectivity index (χ0v) is 12.8. The second kappa shape index (κ2) is 6.64. The summed E-state index contributed by atoms with van der Waals surface area (Å²) in [5, 5.41) is 0. The Hall–Kier alpha value is -1.99. The minimum absolute atomic E-state index is 0.0697. The Morgan fingerprint density at radius 1 is 1.29 bits per heavy atom. The maximum Gasteiger partial charge on any atom is 0.263 e. The van der Waals surface area contributed by atoms with Gasteiger partial charge < -0.3 is 5.73 Å². The van der Waals surface area contributed by atoms with Crippen molar-refractivity contribution in [3.63, 3.8) is 0 Å². The van der Waals surface area contributed by atoms with Crippen LogP contribution < -0.4 is 10.5 Å². The van der Waals surface area contributed by atoms with E-state index in [0.717, 1.165) is 4.90 Å². The van der Waals surface area contributed by atoms with Crippen molar-refractivity contribution in [2.24, 2.45) is 0 Å². The average molecular weight is 321 g/mol. The summed E-state index contributed by atoms with van der Waals surface area (Å²) in [5.41, 5.74) is 5.99. The van der Waals surface area contributed by atoms with Gasteiger partial charge in [-0.1, -0.05) is 18.2 Å². The number of hydrogen-bond donors (Lipinski definition) is 2. The van der Waals surface area contributed by atoms with Crippen molar-refractivity contribution >= 4 is 33.3 Å². The third-order valence-corrected chi connectivity index (χ3v) is 4.98. The number of nitrogens with one attached hydrogen (secondary N) is 1. The molecule has 0 unspecified atom stereocenters. The number of nitrogen functional groups attached to an aromatic ring is 1. The molecular weight excluding hydrogens is 306 g/mol. The highest BCUT2D eigenvalue weighted by Crippen LogP contribution is 2.28. The molecule has 21 heavy (non-hydrogen) atoms. The van der Waals surface area contributed by atoms with Crippen molar-refractivity contribution in [3.05, 3.63) is 55.3 Å². The third kappa shape index (κ3) is 3.99. The van der Waals surface area contributed by atoms with Gasteiger partial charge in [-0.3, -0.25) is 4.72 Å². The van der Waals surface area contributed by atoms with Crippen LogP contribution in [0, 0.1) is 0 Å². The van der Waals surface area contributed by atoms with Crippen molar-refractivity contribution < 1.29 is 8.42 Å². The molecule has 0 saturated carbocycles. The molecule has 3 N–H and O–H groups in total. The Bertz CT molecular complexity index is 728. The number of sulfonamides is 1. The molecule has 0 saturated heterocycles. The third-order valence-electron chi connectivity index (χ3n) is 2.56. The van der Waals surface area contributed by atoms with Gasteiger partial charge >= 0.3 is 0 Å². The van der Waals surface area contributed by atoms with E-state index in [0.29, 0.717) is 11.4 Å². The van der Waals surface area contributed by atoms with Gasteiger partial charge in [0.05, 0.1) is 5.69 Å². The van der Waals surface area contributed by atoms with Crippen LogP contribution in [0.1, 0.15) is 0 Å². The van der Waals surface area contributed by atoms with Gasteiger partial charge in [-0.15, -0.1) is 18.3 Å². The maximum atomic E-state index is 12.3. The van der Waals surface area contributed by atoms with E-state index < -0.39 is 10.0 Å². The molecule has 0 fully saturated rings. The fraction of sp³-hybridized carbons (Fsp3) is 0.0714. The summed E-state index contributed by atoms with van der Waals surface area (Å²) < 4.78 is 27.2. The molecule has 2 aromatic rings. The van der Waals surface area contributed by atoms with E-state index in [9.17, 15) is 8.42 Å². The van der Waals surface area contributed by atoms with Gasteiger partial charge in [-0.05, 0) is 24.3 Å². The molecule has 1 aromatic carbocycles. The predicted molar refractivity (Wildman–Crippen MR) is 86.8 cm³/mol. The Morgan fingerprint density at radius 2 is 2.05 bits per heavy atom. The number of anilines is 2. The molecule has 2 rings (SSSR count). The SMILES string of the molecule is C=CCSc1ccccc1NS(=O)(=O)c1ccc(N)nc1. The molecule has 0 atom stereocenters. The highest BCUT2D eigenvalue weighted by atomic mass is 32.2. The fourth-order valence-electron chi connectivity index (χ4n) is 1.58. The van der Waals surface area contributed by atoms with E-state index in [1.54, 1.807) is 18.2 Å². The van der Waals surface area contributed by atoms with Crippen LogP contribution in [-0.4, -0.2) is 19.2 Å². The lowest BCUT2D eigenvalue weighted by Gasteiger charge is -2.11. The number of nitrogens with two attached hydrogens (primary N) is 1. The molecule has 0 radical (unpaired) electrons. The van der Waals surface area contributed by atoms with Crippen LogP contribution in [0.25, 0.3) is 0 Å². The van der Waals surface area contributed by atoms with Gasteiger partial charge in [0.15, 0.2) is 0 Å². The van der Waals surface area contributed by atoms with E-state index >= 15 is 0 Å². The normalized spacial score (nSPS) is 11.0. The number of pyridine rings is 1. The molecule has 0 spiro atoms. The standard InChI is InChI=1S/C14H15N3O2S2/c1-2-9-20-13-6-4-3-5-12(13)17-21(18,19)11-7-8-14(15)16-10-11/h2-8,10,17H,1,9H2,(H2,15,16). The molecular formula is C14H15N3O2S2. The first-order chi connectivity index (χ1) is 10.0. The molecule has 0 amide bonds. The van der Waals surface area contributed by atoms with Crippen molar-refractivity contribution in [2.45, 2.75) is 9.79 Å². The fourth-order valence-corrected chi connectivity index (χ4v) is 3.42. The van der Waals surface area contributed by atoms with Crippen LogP contribution in [-0.2, 0) is 10.0 Å². The molecule has 0 bridgehead atoms. The van der Waals surface area contributed by atoms with Gasteiger partial charge in [0, 0.05) is 16.8 Å². The number of hydrogen-bond acceptors (Lipinski definition) is 5. The molecule has 0 aliphatic carbocycles. The monoisotopic (exact) mass is 321 g/mol. The predicted octanol–water partition coefficient (Wildman–Crippen LogP) is 2.74. The van der Waals surface area contributed by atoms with Crippen molar-refractivity contribution in [3.8, 4) is 0 Å². The van der Waals surface area contributed by atoms with Crippen LogP contribution in [0.2, 0.25) is 0 Å². The van der Waals surface area contributed by atoms with Crippen molar-refractivity contribution in [1.82, 2.24) is 4.98 Å². The Kier molecular flexibility index (Phi) is 4.87. The first-order valence-corrected chi connectivity index (χ1v) is 8.57. The minimum Gasteiger partial charge on any atom is -0.384 e. The van der Waals surface area contributed by atoms with E-state index in [4.69, 9.17) is 5.73 Å². The lowest BCUT2D eigenvalue weighted by Crippen LogP contribution is -2.14. The van der Waals surface area contributed by atoms with Crippen LogP contribution in [0.5, 0.6) is 0 Å². The maximum absolute atomic E-state index is 12.3. The van der Waals surface area contributed by atoms with Gasteiger partial charge in [0.25, 0.3) is 10.0 Å². The summed E-state index contributed by atoms with van der Waals surface area (Å²) in [5.74, 6) is 0.971. The minimum atomic E-state index is -3.68. The van der Waals surface area contributed by atoms with E-state index in [1.807, 2.05) is 12.1 Å². The summed E-state index contributed by atoms with van der Waals surface area (Å²) in [4.78, 5) is 4.71.